The molecule has 0 bridgehead atoms. The summed E-state index contributed by atoms with van der Waals surface area (Å²) >= 11 is 0. The summed E-state index contributed by atoms with van der Waals surface area (Å²) in [5, 5.41) is 20.7. The third-order valence-electron chi connectivity index (χ3n) is 13.5. The SMILES string of the molecule is C.C=C=NC.COc1cccc(NC(=O)N[C@@H]2CCCC[C@H]2CN2CCC(Cc3ccccc3)CC2)c1.COc1cccc(NC(=O)N[C@@H]2CCCC[C@H]2COS(C)(=O)=O)c1.CS(C)(=O)=O.N[C@@H]1CCCC[C@H]1CO.[BH]. The standard InChI is InChI=1S/C27H37N3O2.C16H24N2O5S.C7H15NO.C3H5N.C2H6O2S.CH4.BH/c1-32-25-12-7-11-24(19-25)28-27(31)29-26-13-6-5-10-23(26)20-30-16-14-22(15-17-30)18-21-8-3-2-4-9-21;1-22-14-8-5-7-13(10-14)17-16(19)18-15-9-4-3-6-12(15)11-23-24(2,20)21;8-7-4-2-1-3-6(7)5-9;1-3-4-2;1-5(2,3)4;;/h2-4,7-9,11-12,19,22-23,26H,5-6,10,13-18,20H2,1H3,(H2,28,29,31);5,7-8,10,12,15H,3-4,6,9,11H2,1-2H3,(H2,17,18,19);6-7,9H,1-5,8H2;1H2,2H3;1-2H3;1H4;1H/t23-,26+;12-,15+;6-,7+;;;;/m000..../s1. The molecule has 7 rings (SSSR count). The van der Waals surface area contributed by atoms with E-state index in [9.17, 15) is 26.4 Å². The lowest BCUT2D eigenvalue weighted by Gasteiger charge is -2.39. The number of anilines is 2. The Balaban J connectivity index is 0.000000573. The molecule has 0 aromatic heterocycles. The summed E-state index contributed by atoms with van der Waals surface area (Å²) in [6, 6.07) is 25.4. The Labute approximate surface area is 458 Å². The van der Waals surface area contributed by atoms with Crippen LogP contribution in [0.15, 0.2) is 90.4 Å². The Morgan fingerprint density at radius 1 is 0.711 bits per heavy atom. The van der Waals surface area contributed by atoms with Gasteiger partial charge in [0.15, 0.2) is 0 Å². The first-order valence-electron chi connectivity index (χ1n) is 26.0. The third kappa shape index (κ3) is 30.1. The van der Waals surface area contributed by atoms with Crippen LogP contribution in [-0.2, 0) is 30.6 Å². The number of nitrogens with one attached hydrogen (secondary N) is 4. The smallest absolute Gasteiger partial charge is 0.319 e. The number of nitrogens with two attached hydrogens (primary N) is 1. The average molecular weight is 1100 g/mol. The van der Waals surface area contributed by atoms with Crippen molar-refractivity contribution in [1.29, 1.82) is 0 Å². The van der Waals surface area contributed by atoms with E-state index >= 15 is 0 Å². The summed E-state index contributed by atoms with van der Waals surface area (Å²) in [6.45, 7) is 7.02. The number of amides is 4. The monoisotopic (exact) mass is 1100 g/mol. The van der Waals surface area contributed by atoms with Crippen molar-refractivity contribution in [1.82, 2.24) is 15.5 Å². The van der Waals surface area contributed by atoms with E-state index in [1.165, 1.54) is 70.0 Å². The van der Waals surface area contributed by atoms with Gasteiger partial charge in [-0.15, -0.1) is 0 Å². The predicted octanol–water partition coefficient (Wildman–Crippen LogP) is 8.30. The van der Waals surface area contributed by atoms with Crippen LogP contribution < -0.4 is 36.5 Å². The van der Waals surface area contributed by atoms with Crippen molar-refractivity contribution in [3.63, 3.8) is 0 Å². The lowest BCUT2D eigenvalue weighted by Crippen LogP contribution is -2.48. The largest absolute Gasteiger partial charge is 0.497 e. The molecule has 426 valence electrons. The number of rotatable bonds is 14. The molecule has 3 aromatic rings. The highest BCUT2D eigenvalue weighted by molar-refractivity contribution is 7.89. The zero-order chi connectivity index (χ0) is 54.4. The van der Waals surface area contributed by atoms with E-state index in [4.69, 9.17) is 24.5 Å². The Morgan fingerprint density at radius 3 is 1.59 bits per heavy atom. The van der Waals surface area contributed by atoms with Crippen LogP contribution in [0.2, 0.25) is 0 Å². The molecular weight excluding hydrogens is 1010 g/mol. The third-order valence-corrected chi connectivity index (χ3v) is 14.1. The van der Waals surface area contributed by atoms with Crippen molar-refractivity contribution in [2.45, 2.75) is 122 Å². The zero-order valence-electron chi connectivity index (χ0n) is 45.5. The van der Waals surface area contributed by atoms with Crippen LogP contribution in [0.1, 0.15) is 103 Å². The maximum Gasteiger partial charge on any atom is 0.319 e. The number of carbonyl (C=O) groups is 2. The predicted molar refractivity (Wildman–Crippen MR) is 313 cm³/mol. The number of aliphatic hydroxyl groups excluding tert-OH is 1. The van der Waals surface area contributed by atoms with Gasteiger partial charge in [-0.05, 0) is 131 Å². The summed E-state index contributed by atoms with van der Waals surface area (Å²) in [5.74, 6) is 5.41. The fraction of sp³-hybridized carbons (Fsp3) is 0.607. The van der Waals surface area contributed by atoms with Gasteiger partial charge in [-0.3, -0.25) is 4.18 Å². The summed E-state index contributed by atoms with van der Waals surface area (Å²) in [5.41, 5.74) is 8.58. The number of nitrogens with zero attached hydrogens (tertiary/aromatic N) is 2. The molecule has 6 atom stereocenters. The van der Waals surface area contributed by atoms with E-state index in [1.807, 2.05) is 24.3 Å². The van der Waals surface area contributed by atoms with Gasteiger partial charge in [0.1, 0.15) is 21.3 Å². The van der Waals surface area contributed by atoms with Crippen LogP contribution in [0.25, 0.3) is 0 Å². The van der Waals surface area contributed by atoms with Crippen molar-refractivity contribution >= 4 is 57.7 Å². The summed E-state index contributed by atoms with van der Waals surface area (Å²) in [4.78, 5) is 30.9. The molecule has 4 amide bonds. The van der Waals surface area contributed by atoms with E-state index in [1.54, 1.807) is 45.5 Å². The molecule has 3 saturated carbocycles. The molecule has 3 aromatic carbocycles. The normalized spacial score (nSPS) is 21.4. The topological polar surface area (TPSA) is 240 Å². The number of methoxy groups -OCH3 is 2. The molecular formula is C56H92BN7O10S2. The van der Waals surface area contributed by atoms with Gasteiger partial charge in [0.05, 0.1) is 27.1 Å². The van der Waals surface area contributed by atoms with Gasteiger partial charge >= 0.3 is 12.1 Å². The van der Waals surface area contributed by atoms with Crippen molar-refractivity contribution in [3.8, 4) is 11.5 Å². The molecule has 2 radical (unpaired) electrons. The molecule has 1 heterocycles. The fourth-order valence-corrected chi connectivity index (χ4v) is 10.0. The van der Waals surface area contributed by atoms with Crippen molar-refractivity contribution in [2.24, 2.45) is 34.4 Å². The highest BCUT2D eigenvalue weighted by Gasteiger charge is 2.31. The number of hydrogen-bond acceptors (Lipinski definition) is 13. The fourth-order valence-electron chi connectivity index (χ4n) is 9.61. The number of urea groups is 2. The maximum atomic E-state index is 12.7. The lowest BCUT2D eigenvalue weighted by molar-refractivity contribution is 0.130. The van der Waals surface area contributed by atoms with E-state index in [2.05, 4.69) is 73.9 Å². The number of ether oxygens (including phenoxy) is 2. The summed E-state index contributed by atoms with van der Waals surface area (Å²) in [6.07, 6.45) is 20.2. The maximum absolute atomic E-state index is 12.7. The van der Waals surface area contributed by atoms with E-state index in [0.29, 0.717) is 23.3 Å². The highest BCUT2D eigenvalue weighted by atomic mass is 32.2. The van der Waals surface area contributed by atoms with Gasteiger partial charge in [-0.2, -0.15) is 8.42 Å². The molecule has 20 heteroatoms. The van der Waals surface area contributed by atoms with Crippen LogP contribution in [-0.4, -0.2) is 144 Å². The minimum Gasteiger partial charge on any atom is -0.497 e. The highest BCUT2D eigenvalue weighted by Crippen LogP contribution is 2.29. The van der Waals surface area contributed by atoms with Gasteiger partial charge in [0.25, 0.3) is 10.1 Å². The number of aliphatic hydroxyl groups is 1. The quantitative estimate of drug-likeness (QED) is 0.0508. The molecule has 76 heavy (non-hydrogen) atoms. The number of piperidine rings is 1. The second kappa shape index (κ2) is 37.8. The summed E-state index contributed by atoms with van der Waals surface area (Å²) < 4.78 is 56.9. The average Bonchev–Trinajstić information content (AvgIpc) is 3.37. The first-order chi connectivity index (χ1) is 35.3. The Kier molecular flexibility index (Phi) is 34.3. The Hall–Kier alpha value is -4.95. The van der Waals surface area contributed by atoms with Gasteiger partial charge in [0, 0.05) is 88.7 Å². The first kappa shape index (κ1) is 69.1. The Morgan fingerprint density at radius 2 is 1.16 bits per heavy atom. The van der Waals surface area contributed by atoms with E-state index in [0.717, 1.165) is 87.6 Å². The molecule has 0 spiro atoms. The second-order valence-electron chi connectivity index (χ2n) is 19.8. The van der Waals surface area contributed by atoms with E-state index in [-0.39, 0.29) is 65.2 Å². The van der Waals surface area contributed by atoms with Gasteiger partial charge < -0.3 is 46.5 Å². The second-order valence-corrected chi connectivity index (χ2v) is 23.7. The lowest BCUT2D eigenvalue weighted by atomic mass is 9.83. The molecule has 1 saturated heterocycles. The number of benzene rings is 3. The van der Waals surface area contributed by atoms with Gasteiger partial charge in [-0.25, -0.2) is 23.0 Å². The Bertz CT molecular complexity index is 2350. The molecule has 4 aliphatic rings. The van der Waals surface area contributed by atoms with E-state index < -0.39 is 20.0 Å². The molecule has 3 aliphatic carbocycles. The van der Waals surface area contributed by atoms with Gasteiger partial charge in [-0.1, -0.05) is 88.4 Å². The zero-order valence-corrected chi connectivity index (χ0v) is 47.1. The number of aliphatic imine (C=N–C) groups is 1. The molecule has 0 unspecified atom stereocenters. The van der Waals surface area contributed by atoms with Crippen LogP contribution >= 0.6 is 0 Å². The van der Waals surface area contributed by atoms with Crippen molar-refractivity contribution in [3.05, 3.63) is 91.0 Å². The number of sulfone groups is 1. The van der Waals surface area contributed by atoms with Crippen molar-refractivity contribution in [2.75, 3.05) is 83.5 Å². The van der Waals surface area contributed by atoms with Crippen LogP contribution in [0.3, 0.4) is 0 Å². The summed E-state index contributed by atoms with van der Waals surface area (Å²) in [7, 11) is -1.31. The first-order valence-corrected chi connectivity index (χ1v) is 30.1. The number of likely N-dealkylation sites (tertiary alicyclic amines) is 1. The van der Waals surface area contributed by atoms with Crippen molar-refractivity contribution < 1.29 is 45.2 Å². The molecule has 4 fully saturated rings. The molecule has 17 nitrogen and oxygen atoms in total. The minimum atomic E-state index is -3.47. The molecule has 1 aliphatic heterocycles. The number of carbonyl (C=O) groups excluding carboxylic acids is 2. The minimum absolute atomic E-state index is 0. The van der Waals surface area contributed by atoms with Gasteiger partial charge in [0.2, 0.25) is 0 Å². The van der Waals surface area contributed by atoms with Crippen LogP contribution in [0, 0.1) is 23.7 Å². The van der Waals surface area contributed by atoms with Crippen LogP contribution in [0.4, 0.5) is 21.0 Å². The number of hydrogen-bond donors (Lipinski definition) is 6. The van der Waals surface area contributed by atoms with Crippen LogP contribution in [0.5, 0.6) is 11.5 Å². The molecule has 7 N–H and O–H groups in total.